The van der Waals surface area contributed by atoms with E-state index >= 15 is 0 Å². The zero-order chi connectivity index (χ0) is 9.40. The Morgan fingerprint density at radius 1 is 1.27 bits per heavy atom. The maximum absolute atomic E-state index is 11.4. The third kappa shape index (κ3) is 7.68. The Morgan fingerprint density at radius 2 is 1.64 bits per heavy atom. The summed E-state index contributed by atoms with van der Waals surface area (Å²) in [5.41, 5.74) is 0. The van der Waals surface area contributed by atoms with Crippen LogP contribution in [-0.2, 0) is 0 Å². The topological polar surface area (TPSA) is 23.8 Å². The van der Waals surface area contributed by atoms with E-state index in [4.69, 9.17) is 5.26 Å². The monoisotopic (exact) mass is 215 g/mol. The summed E-state index contributed by atoms with van der Waals surface area (Å²) >= 11 is 4.60. The fraction of sp³-hybridized carbons (Fsp3) is 0.667. The summed E-state index contributed by atoms with van der Waals surface area (Å²) in [6, 6.07) is 0.867. The van der Waals surface area contributed by atoms with E-state index in [9.17, 15) is 19.4 Å². The minimum Gasteiger partial charge on any atom is -0.197 e. The van der Waals surface area contributed by atoms with E-state index in [1.54, 1.807) is 0 Å². The van der Waals surface area contributed by atoms with Crippen molar-refractivity contribution in [2.24, 2.45) is 0 Å². The van der Waals surface area contributed by atoms with Crippen molar-refractivity contribution in [2.75, 3.05) is 5.75 Å². The molecule has 0 heterocycles. The van der Waals surface area contributed by atoms with Crippen molar-refractivity contribution in [1.29, 1.82) is 5.26 Å². The van der Waals surface area contributed by atoms with Crippen molar-refractivity contribution in [2.45, 2.75) is 5.38 Å². The zero-order valence-electron chi connectivity index (χ0n) is 4.91. The van der Waals surface area contributed by atoms with Gasteiger partial charge in [0, 0.05) is 0 Å². The maximum atomic E-state index is 11.4. The van der Waals surface area contributed by atoms with Crippen LogP contribution < -0.4 is 0 Å². The average Bonchev–Trinajstić information content (AvgIpc) is 1.57. The first-order valence-corrected chi connectivity index (χ1v) is 4.76. The molecule has 0 saturated carbocycles. The van der Waals surface area contributed by atoms with Crippen LogP contribution in [0.2, 0.25) is 0 Å². The second-order valence-corrected chi connectivity index (χ2v) is 5.01. The number of alkyl halides is 1. The minimum atomic E-state index is -9.48. The van der Waals surface area contributed by atoms with E-state index in [1.807, 2.05) is 0 Å². The molecule has 8 heteroatoms. The predicted octanol–water partition coefficient (Wildman–Crippen LogP) is 3.42. The molecular formula is C3H3ClF5NS. The molecule has 68 valence electrons. The lowest BCUT2D eigenvalue weighted by Gasteiger charge is -2.40. The molecule has 0 aliphatic rings. The Labute approximate surface area is 64.5 Å². The second-order valence-electron chi connectivity index (χ2n) is 1.89. The summed E-state index contributed by atoms with van der Waals surface area (Å²) in [5, 5.41) is 5.51. The van der Waals surface area contributed by atoms with Crippen molar-refractivity contribution in [3.05, 3.63) is 0 Å². The predicted molar refractivity (Wildman–Crippen MR) is 33.3 cm³/mol. The van der Waals surface area contributed by atoms with E-state index in [0.717, 1.165) is 6.07 Å². The van der Waals surface area contributed by atoms with Gasteiger partial charge in [-0.1, -0.05) is 19.4 Å². The van der Waals surface area contributed by atoms with Gasteiger partial charge in [-0.25, -0.2) is 0 Å². The minimum absolute atomic E-state index is 0.867. The summed E-state index contributed by atoms with van der Waals surface area (Å²) in [6.07, 6.45) is 0. The van der Waals surface area contributed by atoms with Gasteiger partial charge in [-0.15, -0.1) is 11.6 Å². The normalized spacial score (nSPS) is 21.2. The molecule has 0 saturated heterocycles. The van der Waals surface area contributed by atoms with Crippen LogP contribution in [0.15, 0.2) is 0 Å². The van der Waals surface area contributed by atoms with Crippen molar-refractivity contribution >= 4 is 21.8 Å². The van der Waals surface area contributed by atoms with Crippen LogP contribution in [0, 0.1) is 11.3 Å². The number of nitriles is 1. The lowest BCUT2D eigenvalue weighted by atomic mass is 10.5. The van der Waals surface area contributed by atoms with E-state index in [2.05, 4.69) is 11.6 Å². The molecular weight excluding hydrogens is 213 g/mol. The highest BCUT2D eigenvalue weighted by molar-refractivity contribution is 8.45. The summed E-state index contributed by atoms with van der Waals surface area (Å²) < 4.78 is 57.1. The summed E-state index contributed by atoms with van der Waals surface area (Å²) in [5.74, 6) is -2.53. The van der Waals surface area contributed by atoms with E-state index in [-0.39, 0.29) is 0 Å². The Kier molecular flexibility index (Phi) is 1.89. The molecule has 0 aromatic carbocycles. The van der Waals surface area contributed by atoms with Crippen molar-refractivity contribution in [3.8, 4) is 6.07 Å². The Bertz CT molecular complexity index is 200. The molecule has 0 spiro atoms. The van der Waals surface area contributed by atoms with Crippen LogP contribution in [0.4, 0.5) is 19.4 Å². The number of nitrogens with zero attached hydrogens (tertiary/aromatic N) is 1. The van der Waals surface area contributed by atoms with Crippen LogP contribution in [0.1, 0.15) is 0 Å². The molecule has 0 amide bonds. The highest BCUT2D eigenvalue weighted by atomic mass is 35.5. The number of hydrogen-bond acceptors (Lipinski definition) is 1. The lowest BCUT2D eigenvalue weighted by Crippen LogP contribution is -2.18. The number of hydrogen-bond donors (Lipinski definition) is 0. The molecule has 1 unspecified atom stereocenters. The molecule has 0 bridgehead atoms. The molecule has 0 N–H and O–H groups in total. The Morgan fingerprint density at radius 3 is 1.73 bits per heavy atom. The Hall–Kier alpha value is -0.220. The number of halogens is 6. The molecule has 1 atom stereocenters. The quantitative estimate of drug-likeness (QED) is 0.512. The molecule has 0 radical (unpaired) electrons. The van der Waals surface area contributed by atoms with Crippen molar-refractivity contribution in [3.63, 3.8) is 0 Å². The summed E-state index contributed by atoms with van der Waals surface area (Å²) in [7, 11) is -9.48. The van der Waals surface area contributed by atoms with Gasteiger partial charge in [-0.05, 0) is 0 Å². The molecule has 0 fully saturated rings. The van der Waals surface area contributed by atoms with Crippen LogP contribution in [0.25, 0.3) is 0 Å². The van der Waals surface area contributed by atoms with Crippen LogP contribution >= 0.6 is 21.8 Å². The molecule has 0 aliphatic heterocycles. The first-order valence-electron chi connectivity index (χ1n) is 2.20. The van der Waals surface area contributed by atoms with Crippen LogP contribution in [-0.4, -0.2) is 11.1 Å². The first kappa shape index (κ1) is 10.8. The van der Waals surface area contributed by atoms with Crippen molar-refractivity contribution < 1.29 is 19.4 Å². The van der Waals surface area contributed by atoms with E-state index in [0.29, 0.717) is 0 Å². The first-order chi connectivity index (χ1) is 4.43. The molecule has 1 nitrogen and oxygen atoms in total. The summed E-state index contributed by atoms with van der Waals surface area (Å²) in [4.78, 5) is 0. The maximum Gasteiger partial charge on any atom is 0.288 e. The smallest absolute Gasteiger partial charge is 0.197 e. The van der Waals surface area contributed by atoms with Crippen LogP contribution in [0.3, 0.4) is 0 Å². The summed E-state index contributed by atoms with van der Waals surface area (Å²) in [6.45, 7) is 0. The fourth-order valence-electron chi connectivity index (χ4n) is 0.314. The third-order valence-electron chi connectivity index (χ3n) is 0.601. The Balaban J connectivity index is 4.54. The van der Waals surface area contributed by atoms with Gasteiger partial charge in [-0.3, -0.25) is 0 Å². The van der Waals surface area contributed by atoms with Gasteiger partial charge in [0.1, 0.15) is 11.1 Å². The van der Waals surface area contributed by atoms with Gasteiger partial charge in [0.15, 0.2) is 0 Å². The zero-order valence-corrected chi connectivity index (χ0v) is 6.48. The molecule has 11 heavy (non-hydrogen) atoms. The fourth-order valence-corrected chi connectivity index (χ4v) is 1.66. The van der Waals surface area contributed by atoms with Gasteiger partial charge in [-0.2, -0.15) is 5.26 Å². The highest BCUT2D eigenvalue weighted by Crippen LogP contribution is 2.97. The molecule has 0 aromatic heterocycles. The standard InChI is InChI=1S/C3H3ClF5NS/c4-3(1-10)2-11(5,6,7,8)9/h3H,2H2. The van der Waals surface area contributed by atoms with Gasteiger partial charge >= 0.3 is 0 Å². The van der Waals surface area contributed by atoms with E-state index < -0.39 is 21.4 Å². The van der Waals surface area contributed by atoms with Gasteiger partial charge in [0.05, 0.1) is 6.07 Å². The number of rotatable bonds is 2. The van der Waals surface area contributed by atoms with Crippen LogP contribution in [0.5, 0.6) is 0 Å². The second kappa shape index (κ2) is 1.93. The third-order valence-corrected chi connectivity index (χ3v) is 2.00. The molecule has 0 aromatic rings. The average molecular weight is 216 g/mol. The van der Waals surface area contributed by atoms with Gasteiger partial charge in [0.2, 0.25) is 0 Å². The SMILES string of the molecule is N#CC(Cl)CS(F)(F)(F)(F)F. The molecule has 0 aliphatic carbocycles. The molecule has 0 rings (SSSR count). The highest BCUT2D eigenvalue weighted by Gasteiger charge is 2.64. The van der Waals surface area contributed by atoms with E-state index in [1.165, 1.54) is 0 Å². The largest absolute Gasteiger partial charge is 0.288 e. The van der Waals surface area contributed by atoms with Crippen molar-refractivity contribution in [1.82, 2.24) is 0 Å². The lowest BCUT2D eigenvalue weighted by molar-refractivity contribution is 0.365. The van der Waals surface area contributed by atoms with Gasteiger partial charge < -0.3 is 0 Å². The van der Waals surface area contributed by atoms with Gasteiger partial charge in [0.25, 0.3) is 10.2 Å².